The van der Waals surface area contributed by atoms with Crippen molar-refractivity contribution in [2.45, 2.75) is 38.4 Å². The second-order valence-corrected chi connectivity index (χ2v) is 8.54. The van der Waals surface area contributed by atoms with E-state index in [2.05, 4.69) is 60.6 Å². The van der Waals surface area contributed by atoms with Gasteiger partial charge in [0.15, 0.2) is 0 Å². The summed E-state index contributed by atoms with van der Waals surface area (Å²) in [5.41, 5.74) is 4.54. The second-order valence-electron chi connectivity index (χ2n) is 8.54. The highest BCUT2D eigenvalue weighted by molar-refractivity contribution is 5.83. The maximum atomic E-state index is 6.56. The Morgan fingerprint density at radius 2 is 1.38 bits per heavy atom. The van der Waals surface area contributed by atoms with Crippen molar-refractivity contribution in [3.05, 3.63) is 108 Å². The van der Waals surface area contributed by atoms with Crippen LogP contribution < -0.4 is 0 Å². The fraction of sp³-hybridized carbons (Fsp3) is 0.286. The second kappa shape index (κ2) is 9.70. The van der Waals surface area contributed by atoms with E-state index in [9.17, 15) is 0 Å². The molecule has 0 unspecified atom stereocenters. The van der Waals surface area contributed by atoms with Gasteiger partial charge in [-0.05, 0) is 17.2 Å². The number of H-pyrrole nitrogens is 1. The number of benzene rings is 3. The molecule has 1 fully saturated rings. The largest absolute Gasteiger partial charge is 0.370 e. The van der Waals surface area contributed by atoms with Crippen LogP contribution in [0.5, 0.6) is 0 Å². The van der Waals surface area contributed by atoms with E-state index in [-0.39, 0.29) is 24.2 Å². The van der Waals surface area contributed by atoms with Crippen LogP contribution in [0.3, 0.4) is 0 Å². The summed E-state index contributed by atoms with van der Waals surface area (Å²) < 4.78 is 19.5. The lowest BCUT2D eigenvalue weighted by Gasteiger charge is -2.41. The standard InChI is InChI=1S/C28H29NO3/c1-20-17-30-27(24-16-29-25-15-9-8-14-23(24)25)28(32-19-22-12-6-3-7-13-22)26(20)31-18-21-10-4-2-5-11-21/h2-16,20,26-29H,17-19H2,1H3/t20-,26+,27+,28-/m1/s1. The number of para-hydroxylation sites is 1. The number of aromatic nitrogens is 1. The van der Waals surface area contributed by atoms with Gasteiger partial charge < -0.3 is 19.2 Å². The van der Waals surface area contributed by atoms with E-state index in [1.54, 1.807) is 0 Å². The molecule has 0 aliphatic carbocycles. The number of rotatable bonds is 7. The summed E-state index contributed by atoms with van der Waals surface area (Å²) in [5, 5.41) is 1.17. The van der Waals surface area contributed by atoms with Crippen molar-refractivity contribution in [2.24, 2.45) is 5.92 Å². The lowest BCUT2D eigenvalue weighted by molar-refractivity contribution is -0.207. The Hall–Kier alpha value is -2.92. The molecule has 4 heteroatoms. The summed E-state index contributed by atoms with van der Waals surface area (Å²) in [6.45, 7) is 3.89. The Kier molecular flexibility index (Phi) is 6.35. The van der Waals surface area contributed by atoms with Crippen molar-refractivity contribution < 1.29 is 14.2 Å². The van der Waals surface area contributed by atoms with Crippen LogP contribution in [0.1, 0.15) is 29.7 Å². The van der Waals surface area contributed by atoms with Crippen LogP contribution in [0.15, 0.2) is 91.1 Å². The maximum Gasteiger partial charge on any atom is 0.115 e. The summed E-state index contributed by atoms with van der Waals surface area (Å²) in [7, 11) is 0. The molecule has 1 aliphatic rings. The van der Waals surface area contributed by atoms with E-state index in [0.29, 0.717) is 19.8 Å². The van der Waals surface area contributed by atoms with Gasteiger partial charge in [-0.2, -0.15) is 0 Å². The van der Waals surface area contributed by atoms with Crippen LogP contribution in [0.25, 0.3) is 10.9 Å². The van der Waals surface area contributed by atoms with Crippen LogP contribution >= 0.6 is 0 Å². The molecule has 1 saturated heterocycles. The number of hydrogen-bond acceptors (Lipinski definition) is 3. The third-order valence-corrected chi connectivity index (χ3v) is 6.22. The molecule has 1 aromatic heterocycles. The quantitative estimate of drug-likeness (QED) is 0.391. The normalized spacial score (nSPS) is 23.4. The minimum Gasteiger partial charge on any atom is -0.370 e. The lowest BCUT2D eigenvalue weighted by atomic mass is 9.89. The molecule has 1 N–H and O–H groups in total. The number of fused-ring (bicyclic) bond motifs is 1. The highest BCUT2D eigenvalue weighted by atomic mass is 16.6. The Balaban J connectivity index is 1.43. The van der Waals surface area contributed by atoms with Crippen molar-refractivity contribution in [3.8, 4) is 0 Å². The first-order chi connectivity index (χ1) is 15.8. The van der Waals surface area contributed by atoms with E-state index in [1.165, 1.54) is 5.39 Å². The molecule has 3 aromatic carbocycles. The van der Waals surface area contributed by atoms with Gasteiger partial charge in [0.1, 0.15) is 12.2 Å². The topological polar surface area (TPSA) is 43.5 Å². The highest BCUT2D eigenvalue weighted by Crippen LogP contribution is 2.38. The Labute approximate surface area is 189 Å². The molecule has 0 saturated carbocycles. The van der Waals surface area contributed by atoms with Gasteiger partial charge in [0, 0.05) is 28.6 Å². The molecule has 4 nitrogen and oxygen atoms in total. The summed E-state index contributed by atoms with van der Waals surface area (Å²) in [6.07, 6.45) is 1.55. The summed E-state index contributed by atoms with van der Waals surface area (Å²) in [5.74, 6) is 0.223. The Bertz CT molecular complexity index is 1130. The van der Waals surface area contributed by atoms with Gasteiger partial charge >= 0.3 is 0 Å². The van der Waals surface area contributed by atoms with Gasteiger partial charge in [0.25, 0.3) is 0 Å². The number of ether oxygens (including phenoxy) is 3. The van der Waals surface area contributed by atoms with Gasteiger partial charge in [-0.15, -0.1) is 0 Å². The average Bonchev–Trinajstić information content (AvgIpc) is 3.27. The van der Waals surface area contributed by atoms with Gasteiger partial charge in [-0.3, -0.25) is 0 Å². The molecular formula is C28H29NO3. The molecule has 2 heterocycles. The van der Waals surface area contributed by atoms with Gasteiger partial charge in [0.2, 0.25) is 0 Å². The third-order valence-electron chi connectivity index (χ3n) is 6.22. The zero-order valence-electron chi connectivity index (χ0n) is 18.3. The van der Waals surface area contributed by atoms with Gasteiger partial charge in [-0.25, -0.2) is 0 Å². The van der Waals surface area contributed by atoms with Crippen molar-refractivity contribution in [2.75, 3.05) is 6.61 Å². The van der Waals surface area contributed by atoms with E-state index in [4.69, 9.17) is 14.2 Å². The van der Waals surface area contributed by atoms with Crippen LogP contribution in [-0.4, -0.2) is 23.8 Å². The molecule has 5 rings (SSSR count). The Morgan fingerprint density at radius 1 is 0.781 bits per heavy atom. The average molecular weight is 428 g/mol. The molecule has 164 valence electrons. The monoisotopic (exact) mass is 427 g/mol. The number of aromatic amines is 1. The highest BCUT2D eigenvalue weighted by Gasteiger charge is 2.42. The predicted molar refractivity (Wildman–Crippen MR) is 126 cm³/mol. The summed E-state index contributed by atoms with van der Waals surface area (Å²) in [6, 6.07) is 28.9. The summed E-state index contributed by atoms with van der Waals surface area (Å²) >= 11 is 0. The first kappa shape index (κ1) is 21.0. The lowest BCUT2D eigenvalue weighted by Crippen LogP contribution is -2.47. The van der Waals surface area contributed by atoms with E-state index >= 15 is 0 Å². The molecule has 0 radical (unpaired) electrons. The minimum absolute atomic E-state index is 0.0775. The van der Waals surface area contributed by atoms with Crippen molar-refractivity contribution in [1.82, 2.24) is 4.98 Å². The van der Waals surface area contributed by atoms with Crippen LogP contribution in [0.4, 0.5) is 0 Å². The van der Waals surface area contributed by atoms with Crippen LogP contribution in [-0.2, 0) is 27.4 Å². The van der Waals surface area contributed by atoms with Crippen molar-refractivity contribution in [1.29, 1.82) is 0 Å². The molecule has 32 heavy (non-hydrogen) atoms. The van der Waals surface area contributed by atoms with E-state index < -0.39 is 0 Å². The third kappa shape index (κ3) is 4.49. The fourth-order valence-corrected chi connectivity index (χ4v) is 4.51. The molecule has 1 aliphatic heterocycles. The van der Waals surface area contributed by atoms with Crippen molar-refractivity contribution in [3.63, 3.8) is 0 Å². The molecule has 4 aromatic rings. The zero-order valence-corrected chi connectivity index (χ0v) is 18.3. The first-order valence-electron chi connectivity index (χ1n) is 11.3. The first-order valence-corrected chi connectivity index (χ1v) is 11.3. The van der Waals surface area contributed by atoms with Crippen LogP contribution in [0.2, 0.25) is 0 Å². The number of hydrogen-bond donors (Lipinski definition) is 1. The molecule has 0 amide bonds. The SMILES string of the molecule is C[C@@H]1CO[C@@H](c2c[nH]c3ccccc23)[C@H](OCc2ccccc2)[C@H]1OCc1ccccc1. The van der Waals surface area contributed by atoms with Crippen molar-refractivity contribution >= 4 is 10.9 Å². The minimum atomic E-state index is -0.220. The molecule has 0 spiro atoms. The molecule has 0 bridgehead atoms. The fourth-order valence-electron chi connectivity index (χ4n) is 4.51. The molecule has 4 atom stereocenters. The van der Waals surface area contributed by atoms with Gasteiger partial charge in [-0.1, -0.05) is 85.8 Å². The van der Waals surface area contributed by atoms with E-state index in [1.807, 2.05) is 42.5 Å². The van der Waals surface area contributed by atoms with Gasteiger partial charge in [0.05, 0.1) is 25.9 Å². The maximum absolute atomic E-state index is 6.56. The van der Waals surface area contributed by atoms with Crippen LogP contribution in [0, 0.1) is 5.92 Å². The van der Waals surface area contributed by atoms with E-state index in [0.717, 1.165) is 22.2 Å². The number of nitrogens with one attached hydrogen (secondary N) is 1. The Morgan fingerprint density at radius 3 is 2.06 bits per heavy atom. The smallest absolute Gasteiger partial charge is 0.115 e. The zero-order chi connectivity index (χ0) is 21.8. The molecular weight excluding hydrogens is 398 g/mol. The predicted octanol–water partition coefficient (Wildman–Crippen LogP) is 6.05. The summed E-state index contributed by atoms with van der Waals surface area (Å²) in [4.78, 5) is 3.39.